The Labute approximate surface area is 229 Å². The van der Waals surface area contributed by atoms with Crippen molar-refractivity contribution in [3.63, 3.8) is 0 Å². The summed E-state index contributed by atoms with van der Waals surface area (Å²) in [7, 11) is -4.32. The van der Waals surface area contributed by atoms with Crippen LogP contribution in [0.15, 0.2) is 39.5 Å². The number of aromatic amines is 1. The minimum atomic E-state index is -4.32. The van der Waals surface area contributed by atoms with Crippen LogP contribution in [0.2, 0.25) is 0 Å². The van der Waals surface area contributed by atoms with E-state index in [1.165, 1.54) is 18.2 Å². The van der Waals surface area contributed by atoms with Crippen LogP contribution in [-0.4, -0.2) is 22.8 Å². The van der Waals surface area contributed by atoms with E-state index in [1.807, 2.05) is 0 Å². The van der Waals surface area contributed by atoms with Gasteiger partial charge in [-0.1, -0.05) is 0 Å². The van der Waals surface area contributed by atoms with Gasteiger partial charge in [-0.2, -0.15) is 18.9 Å². The van der Waals surface area contributed by atoms with E-state index in [1.54, 1.807) is 19.1 Å². The van der Waals surface area contributed by atoms with Crippen molar-refractivity contribution in [1.29, 1.82) is 10.5 Å². The number of rotatable bonds is 3. The van der Waals surface area contributed by atoms with Crippen LogP contribution in [-0.2, 0) is 10.1 Å². The van der Waals surface area contributed by atoms with Gasteiger partial charge in [0.25, 0.3) is 15.7 Å². The van der Waals surface area contributed by atoms with E-state index in [4.69, 9.17) is 15.1 Å². The summed E-state index contributed by atoms with van der Waals surface area (Å²) in [6, 6.07) is 8.32. The van der Waals surface area contributed by atoms with Crippen LogP contribution < -0.4 is 108 Å². The van der Waals surface area contributed by atoms with Crippen LogP contribution in [0.4, 0.5) is 0 Å². The number of nitrogens with one attached hydrogen (secondary N) is 1. The summed E-state index contributed by atoms with van der Waals surface area (Å²) in [6.45, 7) is 1.60. The smallest absolute Gasteiger partial charge is 0.295 e. The normalized spacial score (nSPS) is 9.76. The molecule has 0 bridgehead atoms. The van der Waals surface area contributed by atoms with Crippen LogP contribution in [0.5, 0.6) is 0 Å². The second-order valence-corrected chi connectivity index (χ2v) is 5.96. The van der Waals surface area contributed by atoms with E-state index in [9.17, 15) is 13.2 Å². The number of H-pyrrole nitrogens is 1. The van der Waals surface area contributed by atoms with Crippen molar-refractivity contribution < 1.29 is 116 Å². The first-order valence-electron chi connectivity index (χ1n) is 6.19. The van der Waals surface area contributed by atoms with E-state index in [0.29, 0.717) is 11.4 Å². The number of nitrogens with zero attached hydrogens (tertiary/aromatic N) is 3. The molecule has 0 radical (unpaired) electrons. The predicted octanol–water partition coefficient (Wildman–Crippen LogP) is -4.84. The molecule has 0 amide bonds. The Hall–Kier alpha value is 0.133. The second-order valence-electron chi connectivity index (χ2n) is 4.54. The van der Waals surface area contributed by atoms with Gasteiger partial charge in [0, 0.05) is 5.69 Å². The van der Waals surface area contributed by atoms with Crippen molar-refractivity contribution >= 4 is 16.2 Å². The summed E-state index contributed by atoms with van der Waals surface area (Å²) in [5, 5.41) is 20.3. The van der Waals surface area contributed by atoms with Gasteiger partial charge in [-0.25, -0.2) is 4.68 Å². The second kappa shape index (κ2) is 10.5. The van der Waals surface area contributed by atoms with E-state index < -0.39 is 15.7 Å². The summed E-state index contributed by atoms with van der Waals surface area (Å²) >= 11 is 0. The van der Waals surface area contributed by atoms with Crippen LogP contribution in [0.3, 0.4) is 0 Å². The first-order chi connectivity index (χ1) is 10.8. The first kappa shape index (κ1) is 25.1. The molecule has 1 aromatic carbocycles. The SMILES string of the molecule is Cc1[nH]n(-c2ccc(S(=O)(=O)O)cc2)c(=O)c1C=C(C#N)C#N.[K+].[K+]. The number of allylic oxidation sites excluding steroid dienone is 1. The Morgan fingerprint density at radius 1 is 1.20 bits per heavy atom. The Bertz CT molecular complexity index is 1020. The molecule has 25 heavy (non-hydrogen) atoms. The molecule has 116 valence electrons. The van der Waals surface area contributed by atoms with Gasteiger partial charge in [-0.05, 0) is 37.3 Å². The fourth-order valence-corrected chi connectivity index (χ4v) is 2.39. The fraction of sp³-hybridized carbons (Fsp3) is 0.0714. The van der Waals surface area contributed by atoms with Gasteiger partial charge in [0.15, 0.2) is 0 Å². The minimum absolute atomic E-state index is 0. The monoisotopic (exact) mass is 408 g/mol. The van der Waals surface area contributed by atoms with E-state index >= 15 is 0 Å². The molecule has 0 saturated heterocycles. The molecule has 8 nitrogen and oxygen atoms in total. The van der Waals surface area contributed by atoms with Gasteiger partial charge in [-0.15, -0.1) is 0 Å². The summed E-state index contributed by atoms with van der Waals surface area (Å²) < 4.78 is 32.1. The quantitative estimate of drug-likeness (QED) is 0.297. The number of aromatic nitrogens is 2. The van der Waals surface area contributed by atoms with Crippen molar-refractivity contribution in [1.82, 2.24) is 9.78 Å². The Morgan fingerprint density at radius 2 is 1.72 bits per heavy atom. The summed E-state index contributed by atoms with van der Waals surface area (Å²) in [4.78, 5) is 12.0. The molecule has 0 aliphatic heterocycles. The Kier molecular flexibility index (Phi) is 10.5. The van der Waals surface area contributed by atoms with E-state index in [2.05, 4.69) is 5.10 Å². The number of benzene rings is 1. The molecule has 0 spiro atoms. The molecule has 0 aliphatic rings. The molecule has 2 aromatic rings. The zero-order chi connectivity index (χ0) is 17.2. The van der Waals surface area contributed by atoms with E-state index in [0.717, 1.165) is 16.8 Å². The van der Waals surface area contributed by atoms with Gasteiger partial charge < -0.3 is 0 Å². The first-order valence-corrected chi connectivity index (χ1v) is 7.63. The van der Waals surface area contributed by atoms with Crippen molar-refractivity contribution in [2.75, 3.05) is 0 Å². The maximum absolute atomic E-state index is 12.3. The Balaban J connectivity index is 0.00000288. The third-order valence-electron chi connectivity index (χ3n) is 3.04. The topological polar surface area (TPSA) is 140 Å². The summed E-state index contributed by atoms with van der Waals surface area (Å²) in [5.74, 6) is 0. The molecule has 2 N–H and O–H groups in total. The maximum atomic E-state index is 12.3. The van der Waals surface area contributed by atoms with Gasteiger partial charge in [-0.3, -0.25) is 14.4 Å². The van der Waals surface area contributed by atoms with Crippen molar-refractivity contribution in [2.24, 2.45) is 0 Å². The molecule has 0 unspecified atom stereocenters. The van der Waals surface area contributed by atoms with E-state index in [-0.39, 0.29) is 119 Å². The van der Waals surface area contributed by atoms with Crippen LogP contribution in [0, 0.1) is 29.6 Å². The van der Waals surface area contributed by atoms with Crippen LogP contribution >= 0.6 is 0 Å². The molecule has 0 fully saturated rings. The zero-order valence-corrected chi connectivity index (χ0v) is 20.9. The standard InChI is InChI=1S/C14H10N4O4S.2K/c1-9-13(6-10(7-15)8-16)14(19)18(17-9)11-2-4-12(5-3-11)23(20,21)22;;/h2-6,17H,1H3,(H,20,21,22);;/q;2*+1. The molecule has 11 heteroatoms. The fourth-order valence-electron chi connectivity index (χ4n) is 1.91. The molecule has 0 saturated carbocycles. The van der Waals surface area contributed by atoms with Crippen LogP contribution in [0.25, 0.3) is 11.8 Å². The number of aryl methyl sites for hydroxylation is 1. The van der Waals surface area contributed by atoms with Crippen molar-refractivity contribution in [3.05, 3.63) is 51.4 Å². The molecule has 0 aliphatic carbocycles. The van der Waals surface area contributed by atoms with Crippen LogP contribution in [0.1, 0.15) is 11.3 Å². The average Bonchev–Trinajstić information content (AvgIpc) is 2.79. The van der Waals surface area contributed by atoms with Gasteiger partial charge in [0.1, 0.15) is 17.7 Å². The van der Waals surface area contributed by atoms with Crippen molar-refractivity contribution in [3.8, 4) is 17.8 Å². The molecular formula is C14H10K2N4O4S+2. The third-order valence-corrected chi connectivity index (χ3v) is 3.91. The van der Waals surface area contributed by atoms with Crippen molar-refractivity contribution in [2.45, 2.75) is 11.8 Å². The average molecular weight is 409 g/mol. The molecule has 1 aromatic heterocycles. The zero-order valence-electron chi connectivity index (χ0n) is 13.8. The number of nitriles is 2. The molecule has 1 heterocycles. The molecular weight excluding hydrogens is 398 g/mol. The Morgan fingerprint density at radius 3 is 2.16 bits per heavy atom. The summed E-state index contributed by atoms with van der Waals surface area (Å²) in [6.07, 6.45) is 1.18. The summed E-state index contributed by atoms with van der Waals surface area (Å²) in [5.41, 5.74) is 0.225. The van der Waals surface area contributed by atoms with Gasteiger partial charge in [0.2, 0.25) is 0 Å². The number of hydrogen-bond acceptors (Lipinski definition) is 5. The van der Waals surface area contributed by atoms with Gasteiger partial charge >= 0.3 is 103 Å². The third kappa shape index (κ3) is 6.07. The number of hydrogen-bond donors (Lipinski definition) is 2. The maximum Gasteiger partial charge on any atom is 1.00 e. The minimum Gasteiger partial charge on any atom is -0.295 e. The van der Waals surface area contributed by atoms with Gasteiger partial charge in [0.05, 0.1) is 16.1 Å². The molecule has 2 rings (SSSR count). The molecule has 0 atom stereocenters. The largest absolute Gasteiger partial charge is 1.00 e. The predicted molar refractivity (Wildman–Crippen MR) is 80.1 cm³/mol.